The highest BCUT2D eigenvalue weighted by Crippen LogP contribution is 2.37. The fourth-order valence-corrected chi connectivity index (χ4v) is 9.07. The van der Waals surface area contributed by atoms with Crippen LogP contribution in [0.4, 0.5) is 49.6 Å². The molecule has 2 bridgehead atoms. The molecular weight excluding hydrogens is 973 g/mol. The Morgan fingerprint density at radius 2 is 1.23 bits per heavy atom. The number of hydrogen-bond acceptors (Lipinski definition) is 14. The zero-order valence-corrected chi connectivity index (χ0v) is 38.5. The van der Waals surface area contributed by atoms with Gasteiger partial charge in [0.15, 0.2) is 0 Å². The molecule has 3 saturated heterocycles. The molecule has 368 valence electrons. The van der Waals surface area contributed by atoms with E-state index in [4.69, 9.17) is 42.6 Å². The van der Waals surface area contributed by atoms with Crippen molar-refractivity contribution in [1.82, 2.24) is 30.2 Å². The second-order valence-corrected chi connectivity index (χ2v) is 17.9. The number of carbonyl (C=O) groups excluding carboxylic acids is 2. The van der Waals surface area contributed by atoms with Crippen LogP contribution in [0.3, 0.4) is 0 Å². The third-order valence-electron chi connectivity index (χ3n) is 12.0. The van der Waals surface area contributed by atoms with E-state index in [9.17, 15) is 35.9 Å². The normalized spacial score (nSPS) is 18.3. The molecule has 6 aromatic rings. The number of nitrogens with zero attached hydrogens (tertiary/aromatic N) is 7. The minimum absolute atomic E-state index is 0.173. The zero-order valence-electron chi connectivity index (χ0n) is 37.0. The van der Waals surface area contributed by atoms with Crippen LogP contribution in [-0.4, -0.2) is 120 Å². The summed E-state index contributed by atoms with van der Waals surface area (Å²) in [6, 6.07) is 15.8. The molecule has 24 heteroatoms. The second kappa shape index (κ2) is 19.6. The van der Waals surface area contributed by atoms with Crippen LogP contribution in [-0.2, 0) is 9.59 Å². The minimum atomic E-state index is -5.08. The quantitative estimate of drug-likeness (QED) is 0.0893. The molecule has 3 aliphatic rings. The third kappa shape index (κ3) is 11.4. The fraction of sp³-hybridized carbons (Fsp3) is 0.348. The van der Waals surface area contributed by atoms with Gasteiger partial charge in [-0.3, -0.25) is 9.59 Å². The lowest BCUT2D eigenvalue weighted by Gasteiger charge is -2.35. The summed E-state index contributed by atoms with van der Waals surface area (Å²) in [5, 5.41) is 8.94. The molecule has 4 atom stereocenters. The van der Waals surface area contributed by atoms with Crippen LogP contribution in [0.2, 0.25) is 10.0 Å². The lowest BCUT2D eigenvalue weighted by atomic mass is 10.0. The van der Waals surface area contributed by atoms with Gasteiger partial charge in [0.25, 0.3) is 11.8 Å². The van der Waals surface area contributed by atoms with Crippen molar-refractivity contribution in [3.8, 4) is 23.0 Å². The molecule has 4 unspecified atom stereocenters. The summed E-state index contributed by atoms with van der Waals surface area (Å²) in [6.07, 6.45) is -8.28. The summed E-state index contributed by atoms with van der Waals surface area (Å²) in [5.74, 6) is -3.24. The Morgan fingerprint density at radius 3 is 1.67 bits per heavy atom. The summed E-state index contributed by atoms with van der Waals surface area (Å²) in [7, 11) is 4.09. The predicted molar refractivity (Wildman–Crippen MR) is 248 cm³/mol. The number of piperazine rings is 1. The van der Waals surface area contributed by atoms with E-state index in [2.05, 4.69) is 50.1 Å². The third-order valence-corrected chi connectivity index (χ3v) is 12.6. The van der Waals surface area contributed by atoms with E-state index in [1.807, 2.05) is 14.1 Å². The number of benzene rings is 4. The molecule has 9 rings (SSSR count). The highest BCUT2D eigenvalue weighted by atomic mass is 35.5. The smallest absolute Gasteiger partial charge is 0.474 e. The van der Waals surface area contributed by atoms with Crippen molar-refractivity contribution in [2.75, 3.05) is 60.7 Å². The van der Waals surface area contributed by atoms with Gasteiger partial charge in [0.05, 0.1) is 21.1 Å². The Balaban J connectivity index is 1.04. The number of fused-ring (bicyclic) bond motifs is 4. The number of carbonyl (C=O) groups is 2. The molecule has 0 aliphatic carbocycles. The number of nitrogens with one attached hydrogen (secondary N) is 3. The molecule has 3 N–H and O–H groups in total. The van der Waals surface area contributed by atoms with Gasteiger partial charge in [-0.1, -0.05) is 23.2 Å². The molecule has 2 aromatic heterocycles. The van der Waals surface area contributed by atoms with Crippen LogP contribution in [0.5, 0.6) is 23.0 Å². The molecule has 16 nitrogen and oxygen atoms in total. The predicted octanol–water partition coefficient (Wildman–Crippen LogP) is 8.23. The Morgan fingerprint density at radius 1 is 0.729 bits per heavy atom. The van der Waals surface area contributed by atoms with Gasteiger partial charge in [-0.2, -0.15) is 0 Å². The van der Waals surface area contributed by atoms with Gasteiger partial charge in [0.1, 0.15) is 23.0 Å². The van der Waals surface area contributed by atoms with Crippen molar-refractivity contribution >= 4 is 80.1 Å². The van der Waals surface area contributed by atoms with Crippen LogP contribution in [0.1, 0.15) is 19.3 Å². The minimum Gasteiger partial charge on any atom is -0.474 e. The van der Waals surface area contributed by atoms with Crippen molar-refractivity contribution in [2.24, 2.45) is 0 Å². The summed E-state index contributed by atoms with van der Waals surface area (Å²) in [6.45, 7) is 3.09. The molecule has 3 aliphatic heterocycles. The number of alkyl halides is 6. The highest BCUT2D eigenvalue weighted by molar-refractivity contribution is 6.32. The standard InChI is InChI=1S/C46H42Cl2F6N10O6/c1-62(2)29-11-13-63(14-12-29)43-56-20-24-15-26(3-7-35(24)60-43)58-41(65)39(67-37-9-5-31(18-33(37)47)69-45(49,50)51)40(68-38-10-6-32(19-34(38)48)70-46(52,53)54)42(66)59-27-4-8-36-25(16-27)21-57-44(61-36)64-23-28-17-30(64)22-55-28/h3-10,15-16,18-21,28-30,39-40,55H,11-14,17,22-23H2,1-2H3,(H,58,65)(H,59,66). The van der Waals surface area contributed by atoms with E-state index < -0.39 is 69.8 Å². The topological polar surface area (TPSA) is 168 Å². The van der Waals surface area contributed by atoms with Crippen molar-refractivity contribution in [2.45, 2.75) is 62.3 Å². The average Bonchev–Trinajstić information content (AvgIpc) is 3.95. The first-order valence-electron chi connectivity index (χ1n) is 21.8. The molecule has 3 fully saturated rings. The number of amides is 2. The van der Waals surface area contributed by atoms with Gasteiger partial charge in [0.2, 0.25) is 24.1 Å². The van der Waals surface area contributed by atoms with Crippen LogP contribution >= 0.6 is 23.2 Å². The van der Waals surface area contributed by atoms with Gasteiger partial charge in [-0.05, 0) is 94.0 Å². The number of anilines is 4. The molecule has 5 heterocycles. The van der Waals surface area contributed by atoms with Crippen LogP contribution in [0.25, 0.3) is 21.8 Å². The maximum absolute atomic E-state index is 14.6. The summed E-state index contributed by atoms with van der Waals surface area (Å²) >= 11 is 12.8. The van der Waals surface area contributed by atoms with Crippen molar-refractivity contribution in [3.05, 3.63) is 95.2 Å². The number of rotatable bonds is 14. The number of ether oxygens (including phenoxy) is 4. The van der Waals surface area contributed by atoms with Gasteiger partial charge in [-0.25, -0.2) is 19.9 Å². The second-order valence-electron chi connectivity index (χ2n) is 17.1. The molecule has 4 aromatic carbocycles. The molecule has 0 spiro atoms. The van der Waals surface area contributed by atoms with E-state index in [0.29, 0.717) is 45.8 Å². The molecule has 70 heavy (non-hydrogen) atoms. The van der Waals surface area contributed by atoms with Crippen LogP contribution in [0.15, 0.2) is 85.2 Å². The van der Waals surface area contributed by atoms with Crippen LogP contribution in [0, 0.1) is 0 Å². The monoisotopic (exact) mass is 1010 g/mol. The Bertz CT molecular complexity index is 2930. The zero-order chi connectivity index (χ0) is 49.5. The first-order valence-corrected chi connectivity index (χ1v) is 22.6. The van der Waals surface area contributed by atoms with Crippen molar-refractivity contribution in [3.63, 3.8) is 0 Å². The van der Waals surface area contributed by atoms with Gasteiger partial charge in [0, 0.05) is 91.0 Å². The van der Waals surface area contributed by atoms with E-state index in [1.54, 1.807) is 48.8 Å². The first-order chi connectivity index (χ1) is 33.3. The van der Waals surface area contributed by atoms with Crippen LogP contribution < -0.4 is 44.7 Å². The fourth-order valence-electron chi connectivity index (χ4n) is 8.64. The SMILES string of the molecule is CN(C)C1CCN(c2ncc3cc(NC(=O)C(Oc4ccc(OC(F)(F)F)cc4Cl)C(Oc4ccc(OC(F)(F)F)cc4Cl)C(=O)Nc4ccc5nc(N6CC7CC6CN7)ncc5c4)ccc3n2)CC1. The number of halogens is 8. The summed E-state index contributed by atoms with van der Waals surface area (Å²) in [4.78, 5) is 54.3. The van der Waals surface area contributed by atoms with Crippen molar-refractivity contribution in [1.29, 1.82) is 0 Å². The van der Waals surface area contributed by atoms with Gasteiger partial charge >= 0.3 is 12.7 Å². The molecule has 0 radical (unpaired) electrons. The largest absolute Gasteiger partial charge is 0.573 e. The number of piperidine rings is 1. The number of aromatic nitrogens is 4. The van der Waals surface area contributed by atoms with Crippen molar-refractivity contribution < 1.29 is 54.9 Å². The maximum atomic E-state index is 14.6. The molecular formula is C46H42Cl2F6N10O6. The van der Waals surface area contributed by atoms with E-state index in [0.717, 1.165) is 81.8 Å². The van der Waals surface area contributed by atoms with Gasteiger partial charge < -0.3 is 49.6 Å². The lowest BCUT2D eigenvalue weighted by molar-refractivity contribution is -0.275. The summed E-state index contributed by atoms with van der Waals surface area (Å²) < 4.78 is 99.0. The lowest BCUT2D eigenvalue weighted by Crippen LogP contribution is -2.51. The Kier molecular flexibility index (Phi) is 13.6. The Hall–Kier alpha value is -6.62. The highest BCUT2D eigenvalue weighted by Gasteiger charge is 2.41. The van der Waals surface area contributed by atoms with Gasteiger partial charge in [-0.15, -0.1) is 26.3 Å². The van der Waals surface area contributed by atoms with E-state index in [-0.39, 0.29) is 17.4 Å². The number of hydrogen-bond donors (Lipinski definition) is 3. The first kappa shape index (κ1) is 48.4. The molecule has 2 amide bonds. The summed E-state index contributed by atoms with van der Waals surface area (Å²) in [5.41, 5.74) is 1.47. The Labute approximate surface area is 405 Å². The van der Waals surface area contributed by atoms with E-state index in [1.165, 1.54) is 0 Å². The maximum Gasteiger partial charge on any atom is 0.573 e. The average molecular weight is 1020 g/mol. The van der Waals surface area contributed by atoms with E-state index >= 15 is 0 Å². The molecule has 0 saturated carbocycles.